The Morgan fingerprint density at radius 3 is 2.70 bits per heavy atom. The Bertz CT molecular complexity index is 731. The van der Waals surface area contributed by atoms with Crippen LogP contribution in [0, 0.1) is 0 Å². The van der Waals surface area contributed by atoms with Crippen molar-refractivity contribution in [2.45, 2.75) is 19.5 Å². The summed E-state index contributed by atoms with van der Waals surface area (Å²) in [6.07, 6.45) is 0.716. The number of H-pyrrole nitrogens is 1. The molecular weight excluding hydrogens is 254 g/mol. The van der Waals surface area contributed by atoms with E-state index >= 15 is 0 Å². The van der Waals surface area contributed by atoms with E-state index in [1.165, 1.54) is 12.6 Å². The third kappa shape index (κ3) is 2.32. The molecule has 0 unspecified atom stereocenters. The predicted octanol–water partition coefficient (Wildman–Crippen LogP) is 0.632. The first kappa shape index (κ1) is 12.9. The third-order valence-electron chi connectivity index (χ3n) is 3.80. The van der Waals surface area contributed by atoms with Crippen LogP contribution in [0.25, 0.3) is 0 Å². The molecule has 1 N–H and O–H groups in total. The van der Waals surface area contributed by atoms with Crippen LogP contribution >= 0.6 is 0 Å². The highest BCUT2D eigenvalue weighted by atomic mass is 16.2. The van der Waals surface area contributed by atoms with Gasteiger partial charge in [-0.05, 0) is 5.56 Å². The molecule has 2 aromatic rings. The lowest BCUT2D eigenvalue weighted by molar-refractivity contribution is 0.240. The fourth-order valence-corrected chi connectivity index (χ4v) is 2.64. The zero-order valence-electron chi connectivity index (χ0n) is 11.4. The van der Waals surface area contributed by atoms with E-state index in [0.717, 1.165) is 23.4 Å². The van der Waals surface area contributed by atoms with Gasteiger partial charge in [-0.15, -0.1) is 0 Å². The van der Waals surface area contributed by atoms with Crippen molar-refractivity contribution in [1.29, 1.82) is 0 Å². The quantitative estimate of drug-likeness (QED) is 0.871. The zero-order chi connectivity index (χ0) is 14.1. The summed E-state index contributed by atoms with van der Waals surface area (Å²) in [6.45, 7) is 2.27. The number of benzene rings is 1. The average Bonchev–Trinajstić information content (AvgIpc) is 2.47. The Labute approximate surface area is 116 Å². The number of nitrogens with zero attached hydrogens (tertiary/aromatic N) is 2. The molecule has 0 bridgehead atoms. The van der Waals surface area contributed by atoms with E-state index in [1.54, 1.807) is 0 Å². The van der Waals surface area contributed by atoms with Crippen molar-refractivity contribution in [2.24, 2.45) is 7.05 Å². The average molecular weight is 271 g/mol. The van der Waals surface area contributed by atoms with Gasteiger partial charge in [-0.3, -0.25) is 14.3 Å². The van der Waals surface area contributed by atoms with Gasteiger partial charge in [0.2, 0.25) is 0 Å². The van der Waals surface area contributed by atoms with E-state index in [1.807, 2.05) is 18.2 Å². The van der Waals surface area contributed by atoms with Crippen molar-refractivity contribution in [3.63, 3.8) is 0 Å². The van der Waals surface area contributed by atoms with Gasteiger partial charge in [0, 0.05) is 38.8 Å². The Balaban J connectivity index is 1.87. The van der Waals surface area contributed by atoms with Crippen LogP contribution in [-0.2, 0) is 26.6 Å². The normalized spacial score (nSPS) is 15.1. The summed E-state index contributed by atoms with van der Waals surface area (Å²) in [6, 6.07) is 10.2. The Hall–Kier alpha value is -2.14. The predicted molar refractivity (Wildman–Crippen MR) is 76.6 cm³/mol. The van der Waals surface area contributed by atoms with Crippen LogP contribution in [0.15, 0.2) is 39.9 Å². The van der Waals surface area contributed by atoms with Crippen LogP contribution in [-0.4, -0.2) is 21.0 Å². The molecule has 5 heteroatoms. The van der Waals surface area contributed by atoms with Crippen molar-refractivity contribution in [3.05, 3.63) is 68.0 Å². The molecule has 20 heavy (non-hydrogen) atoms. The van der Waals surface area contributed by atoms with Gasteiger partial charge in [0.25, 0.3) is 5.56 Å². The lowest BCUT2D eigenvalue weighted by Crippen LogP contribution is -2.42. The summed E-state index contributed by atoms with van der Waals surface area (Å²) < 4.78 is 1.14. The minimum Gasteiger partial charge on any atom is -0.311 e. The van der Waals surface area contributed by atoms with Crippen LogP contribution in [0.5, 0.6) is 0 Å². The molecule has 1 aliphatic rings. The molecule has 0 radical (unpaired) electrons. The second kappa shape index (κ2) is 5.09. The SMILES string of the molecule is Cn1c(=O)[nH]c2c(c1=O)CN(Cc1ccccc1)CC2. The van der Waals surface area contributed by atoms with Crippen molar-refractivity contribution in [3.8, 4) is 0 Å². The molecule has 0 saturated carbocycles. The monoisotopic (exact) mass is 271 g/mol. The molecule has 0 atom stereocenters. The summed E-state index contributed by atoms with van der Waals surface area (Å²) in [5, 5.41) is 0. The van der Waals surface area contributed by atoms with E-state index in [0.29, 0.717) is 18.5 Å². The van der Waals surface area contributed by atoms with Gasteiger partial charge in [-0.2, -0.15) is 0 Å². The standard InChI is InChI=1S/C15H17N3O2/c1-17-14(19)12-10-18(8-7-13(12)16-15(17)20)9-11-5-3-2-4-6-11/h2-6H,7-10H2,1H3,(H,16,20). The summed E-state index contributed by atoms with van der Waals surface area (Å²) in [7, 11) is 1.51. The van der Waals surface area contributed by atoms with Crippen molar-refractivity contribution >= 4 is 0 Å². The minimum atomic E-state index is -0.328. The van der Waals surface area contributed by atoms with Crippen molar-refractivity contribution in [1.82, 2.24) is 14.5 Å². The fourth-order valence-electron chi connectivity index (χ4n) is 2.64. The van der Waals surface area contributed by atoms with E-state index < -0.39 is 0 Å². The highest BCUT2D eigenvalue weighted by molar-refractivity contribution is 5.21. The number of rotatable bonds is 2. The number of hydrogen-bond acceptors (Lipinski definition) is 3. The first-order chi connectivity index (χ1) is 9.65. The second-order valence-corrected chi connectivity index (χ2v) is 5.20. The van der Waals surface area contributed by atoms with Gasteiger partial charge in [0.15, 0.2) is 0 Å². The van der Waals surface area contributed by atoms with Crippen LogP contribution in [0.3, 0.4) is 0 Å². The lowest BCUT2D eigenvalue weighted by Gasteiger charge is -2.28. The van der Waals surface area contributed by atoms with E-state index in [9.17, 15) is 9.59 Å². The highest BCUT2D eigenvalue weighted by Crippen LogP contribution is 2.15. The minimum absolute atomic E-state index is 0.179. The van der Waals surface area contributed by atoms with Crippen LogP contribution in [0.4, 0.5) is 0 Å². The van der Waals surface area contributed by atoms with E-state index in [4.69, 9.17) is 0 Å². The summed E-state index contributed by atoms with van der Waals surface area (Å²) in [5.74, 6) is 0. The Morgan fingerprint density at radius 1 is 1.20 bits per heavy atom. The number of nitrogens with one attached hydrogen (secondary N) is 1. The van der Waals surface area contributed by atoms with Gasteiger partial charge in [0.1, 0.15) is 0 Å². The number of hydrogen-bond donors (Lipinski definition) is 1. The van der Waals surface area contributed by atoms with Crippen molar-refractivity contribution in [2.75, 3.05) is 6.54 Å². The van der Waals surface area contributed by atoms with Gasteiger partial charge in [0.05, 0.1) is 5.56 Å². The van der Waals surface area contributed by atoms with Gasteiger partial charge in [-0.1, -0.05) is 30.3 Å². The molecular formula is C15H17N3O2. The maximum absolute atomic E-state index is 12.1. The third-order valence-corrected chi connectivity index (χ3v) is 3.80. The number of aromatic amines is 1. The molecule has 2 heterocycles. The maximum Gasteiger partial charge on any atom is 0.328 e. The molecule has 0 aliphatic carbocycles. The second-order valence-electron chi connectivity index (χ2n) is 5.20. The topological polar surface area (TPSA) is 58.1 Å². The van der Waals surface area contributed by atoms with Crippen molar-refractivity contribution < 1.29 is 0 Å². The maximum atomic E-state index is 12.1. The molecule has 5 nitrogen and oxygen atoms in total. The summed E-state index contributed by atoms with van der Waals surface area (Å²) >= 11 is 0. The smallest absolute Gasteiger partial charge is 0.311 e. The van der Waals surface area contributed by atoms with Gasteiger partial charge >= 0.3 is 5.69 Å². The first-order valence-electron chi connectivity index (χ1n) is 6.72. The van der Waals surface area contributed by atoms with Gasteiger partial charge in [-0.25, -0.2) is 4.79 Å². The van der Waals surface area contributed by atoms with Crippen LogP contribution < -0.4 is 11.2 Å². The molecule has 0 amide bonds. The number of aromatic nitrogens is 2. The molecule has 1 aliphatic heterocycles. The molecule has 0 saturated heterocycles. The fraction of sp³-hybridized carbons (Fsp3) is 0.333. The van der Waals surface area contributed by atoms with Gasteiger partial charge < -0.3 is 4.98 Å². The number of fused-ring (bicyclic) bond motifs is 1. The molecule has 0 spiro atoms. The first-order valence-corrected chi connectivity index (χ1v) is 6.72. The molecule has 104 valence electrons. The van der Waals surface area contributed by atoms with Crippen LogP contribution in [0.2, 0.25) is 0 Å². The highest BCUT2D eigenvalue weighted by Gasteiger charge is 2.21. The molecule has 1 aromatic heterocycles. The van der Waals surface area contributed by atoms with E-state index in [2.05, 4.69) is 22.0 Å². The largest absolute Gasteiger partial charge is 0.328 e. The van der Waals surface area contributed by atoms with Crippen LogP contribution in [0.1, 0.15) is 16.8 Å². The van der Waals surface area contributed by atoms with E-state index in [-0.39, 0.29) is 11.2 Å². The Morgan fingerprint density at radius 2 is 1.95 bits per heavy atom. The molecule has 0 fully saturated rings. The lowest BCUT2D eigenvalue weighted by atomic mass is 10.1. The zero-order valence-corrected chi connectivity index (χ0v) is 11.4. The molecule has 3 rings (SSSR count). The summed E-state index contributed by atoms with van der Waals surface area (Å²) in [5.41, 5.74) is 2.24. The molecule has 1 aromatic carbocycles. The summed E-state index contributed by atoms with van der Waals surface area (Å²) in [4.78, 5) is 28.8. The Kier molecular flexibility index (Phi) is 3.28.